The van der Waals surface area contributed by atoms with Crippen molar-refractivity contribution in [3.8, 4) is 0 Å². The van der Waals surface area contributed by atoms with Crippen LogP contribution in [0, 0.1) is 0 Å². The minimum atomic E-state index is -0.615. The van der Waals surface area contributed by atoms with Gasteiger partial charge in [-0.2, -0.15) is 0 Å². The molecule has 0 unspecified atom stereocenters. The molecular formula is C16H14FN. The van der Waals surface area contributed by atoms with Gasteiger partial charge in [0.25, 0.3) is 0 Å². The van der Waals surface area contributed by atoms with Gasteiger partial charge in [0, 0.05) is 6.04 Å². The highest BCUT2D eigenvalue weighted by Gasteiger charge is 2.48. The summed E-state index contributed by atoms with van der Waals surface area (Å²) in [5.41, 5.74) is 4.13. The van der Waals surface area contributed by atoms with Crippen LogP contribution in [-0.4, -0.2) is 6.67 Å². The summed E-state index contributed by atoms with van der Waals surface area (Å²) < 4.78 is 13.9. The van der Waals surface area contributed by atoms with Gasteiger partial charge in [-0.15, -0.1) is 0 Å². The Kier molecular flexibility index (Phi) is 1.95. The summed E-state index contributed by atoms with van der Waals surface area (Å²) >= 11 is 0. The standard InChI is InChI=1S/C16H14FN/c17-10-16-13-7-3-1-5-11(13)9-15(18-16)12-6-2-4-8-14(12)16/h1-8,15,18H,9-10H2/t15-,16+/m0/s1. The van der Waals surface area contributed by atoms with Crippen LogP contribution in [0.1, 0.15) is 28.3 Å². The Balaban J connectivity index is 2.05. The monoisotopic (exact) mass is 239 g/mol. The molecular weight excluding hydrogens is 225 g/mol. The van der Waals surface area contributed by atoms with Crippen LogP contribution >= 0.6 is 0 Å². The Labute approximate surface area is 106 Å². The van der Waals surface area contributed by atoms with E-state index in [0.717, 1.165) is 17.5 Å². The van der Waals surface area contributed by atoms with E-state index in [0.29, 0.717) is 0 Å². The van der Waals surface area contributed by atoms with Crippen LogP contribution in [0.3, 0.4) is 0 Å². The predicted octanol–water partition coefficient (Wildman–Crippen LogP) is 3.10. The summed E-state index contributed by atoms with van der Waals surface area (Å²) in [6, 6.07) is 16.7. The summed E-state index contributed by atoms with van der Waals surface area (Å²) in [6.07, 6.45) is 0.953. The van der Waals surface area contributed by atoms with Gasteiger partial charge in [-0.3, -0.25) is 5.32 Å². The predicted molar refractivity (Wildman–Crippen MR) is 69.2 cm³/mol. The van der Waals surface area contributed by atoms with Crippen LogP contribution in [0.15, 0.2) is 48.5 Å². The van der Waals surface area contributed by atoms with Gasteiger partial charge in [-0.25, -0.2) is 4.39 Å². The lowest BCUT2D eigenvalue weighted by Crippen LogP contribution is -2.45. The first kappa shape index (κ1) is 10.3. The summed E-state index contributed by atoms with van der Waals surface area (Å²) in [7, 11) is 0. The second-order valence-electron chi connectivity index (χ2n) is 5.18. The zero-order chi connectivity index (χ0) is 12.2. The number of rotatable bonds is 1. The van der Waals surface area contributed by atoms with Crippen molar-refractivity contribution in [3.05, 3.63) is 70.8 Å². The Morgan fingerprint density at radius 3 is 2.61 bits per heavy atom. The molecule has 2 heterocycles. The van der Waals surface area contributed by atoms with E-state index in [2.05, 4.69) is 29.6 Å². The van der Waals surface area contributed by atoms with Gasteiger partial charge in [0.1, 0.15) is 6.67 Å². The molecule has 2 aliphatic heterocycles. The first-order chi connectivity index (χ1) is 8.85. The summed E-state index contributed by atoms with van der Waals surface area (Å²) in [4.78, 5) is 0. The third kappa shape index (κ3) is 1.09. The number of benzene rings is 2. The average Bonchev–Trinajstić information content (AvgIpc) is 2.71. The topological polar surface area (TPSA) is 12.0 Å². The van der Waals surface area contributed by atoms with Crippen molar-refractivity contribution in [2.75, 3.05) is 6.67 Å². The second-order valence-corrected chi connectivity index (χ2v) is 5.18. The molecule has 2 bridgehead atoms. The number of nitrogens with one attached hydrogen (secondary N) is 1. The van der Waals surface area contributed by atoms with Gasteiger partial charge in [-0.05, 0) is 28.7 Å². The van der Waals surface area contributed by atoms with E-state index in [-0.39, 0.29) is 6.04 Å². The molecule has 18 heavy (non-hydrogen) atoms. The first-order valence-corrected chi connectivity index (χ1v) is 6.36. The lowest BCUT2D eigenvalue weighted by Gasteiger charge is -2.35. The van der Waals surface area contributed by atoms with Gasteiger partial charge in [0.05, 0.1) is 5.54 Å². The Bertz CT molecular complexity index is 609. The summed E-state index contributed by atoms with van der Waals surface area (Å²) in [5, 5.41) is 3.50. The molecule has 0 amide bonds. The quantitative estimate of drug-likeness (QED) is 0.806. The van der Waals surface area contributed by atoms with E-state index in [9.17, 15) is 4.39 Å². The first-order valence-electron chi connectivity index (χ1n) is 6.36. The number of alkyl halides is 1. The lowest BCUT2D eigenvalue weighted by atomic mass is 9.82. The molecule has 2 heteroatoms. The minimum absolute atomic E-state index is 0.256. The molecule has 1 nitrogen and oxygen atoms in total. The molecule has 2 aliphatic rings. The Morgan fingerprint density at radius 2 is 1.78 bits per heavy atom. The molecule has 0 radical (unpaired) electrons. The van der Waals surface area contributed by atoms with Gasteiger partial charge >= 0.3 is 0 Å². The molecule has 2 aromatic carbocycles. The largest absolute Gasteiger partial charge is 0.294 e. The van der Waals surface area contributed by atoms with Gasteiger partial charge in [-0.1, -0.05) is 48.5 Å². The van der Waals surface area contributed by atoms with Crippen molar-refractivity contribution in [2.24, 2.45) is 0 Å². The van der Waals surface area contributed by atoms with Crippen LogP contribution in [0.25, 0.3) is 0 Å². The van der Waals surface area contributed by atoms with Crippen molar-refractivity contribution in [3.63, 3.8) is 0 Å². The fourth-order valence-electron chi connectivity index (χ4n) is 3.54. The molecule has 4 rings (SSSR count). The summed E-state index contributed by atoms with van der Waals surface area (Å²) in [6.45, 7) is -0.391. The number of halogens is 1. The molecule has 2 atom stereocenters. The molecule has 0 saturated heterocycles. The highest BCUT2D eigenvalue weighted by molar-refractivity contribution is 5.55. The van der Waals surface area contributed by atoms with E-state index < -0.39 is 12.2 Å². The number of hydrogen-bond acceptors (Lipinski definition) is 1. The van der Waals surface area contributed by atoms with Gasteiger partial charge in [0.2, 0.25) is 0 Å². The zero-order valence-corrected chi connectivity index (χ0v) is 9.99. The van der Waals surface area contributed by atoms with Crippen molar-refractivity contribution < 1.29 is 4.39 Å². The van der Waals surface area contributed by atoms with E-state index in [1.54, 1.807) is 0 Å². The van der Waals surface area contributed by atoms with Gasteiger partial charge in [0.15, 0.2) is 0 Å². The van der Waals surface area contributed by atoms with Crippen molar-refractivity contribution >= 4 is 0 Å². The van der Waals surface area contributed by atoms with E-state index in [1.165, 1.54) is 11.1 Å². The fourth-order valence-corrected chi connectivity index (χ4v) is 3.54. The molecule has 0 aromatic heterocycles. The number of fused-ring (bicyclic) bond motifs is 7. The molecule has 0 aliphatic carbocycles. The summed E-state index contributed by atoms with van der Waals surface area (Å²) in [5.74, 6) is 0. The molecule has 1 N–H and O–H groups in total. The molecule has 90 valence electrons. The van der Waals surface area contributed by atoms with Crippen LogP contribution < -0.4 is 5.32 Å². The Morgan fingerprint density at radius 1 is 1.06 bits per heavy atom. The third-order valence-corrected chi connectivity index (χ3v) is 4.32. The highest BCUT2D eigenvalue weighted by Crippen LogP contribution is 2.48. The number of hydrogen-bond donors (Lipinski definition) is 1. The normalized spacial score (nSPS) is 27.7. The Hall–Kier alpha value is -1.67. The minimum Gasteiger partial charge on any atom is -0.294 e. The fraction of sp³-hybridized carbons (Fsp3) is 0.250. The molecule has 2 aromatic rings. The van der Waals surface area contributed by atoms with E-state index in [4.69, 9.17) is 0 Å². The van der Waals surface area contributed by atoms with Crippen molar-refractivity contribution in [2.45, 2.75) is 18.0 Å². The average molecular weight is 239 g/mol. The smallest absolute Gasteiger partial charge is 0.116 e. The SMILES string of the molecule is FC[C@@]12N[C@@H](Cc3ccccc31)c1ccccc12. The molecule has 0 fully saturated rings. The van der Waals surface area contributed by atoms with Crippen LogP contribution in [0.5, 0.6) is 0 Å². The van der Waals surface area contributed by atoms with Crippen molar-refractivity contribution in [1.82, 2.24) is 5.32 Å². The van der Waals surface area contributed by atoms with E-state index in [1.807, 2.05) is 24.3 Å². The maximum atomic E-state index is 13.9. The zero-order valence-electron chi connectivity index (χ0n) is 9.99. The maximum absolute atomic E-state index is 13.9. The molecule has 0 saturated carbocycles. The third-order valence-electron chi connectivity index (χ3n) is 4.32. The van der Waals surface area contributed by atoms with Crippen LogP contribution in [0.4, 0.5) is 4.39 Å². The second kappa shape index (κ2) is 3.42. The lowest BCUT2D eigenvalue weighted by molar-refractivity contribution is 0.276. The van der Waals surface area contributed by atoms with Crippen LogP contribution in [0.2, 0.25) is 0 Å². The maximum Gasteiger partial charge on any atom is 0.116 e. The molecule has 0 spiro atoms. The van der Waals surface area contributed by atoms with Crippen LogP contribution in [-0.2, 0) is 12.0 Å². The highest BCUT2D eigenvalue weighted by atomic mass is 19.1. The van der Waals surface area contributed by atoms with E-state index >= 15 is 0 Å². The van der Waals surface area contributed by atoms with Crippen molar-refractivity contribution in [1.29, 1.82) is 0 Å². The van der Waals surface area contributed by atoms with Gasteiger partial charge < -0.3 is 0 Å².